The van der Waals surface area contributed by atoms with Crippen LogP contribution in [-0.4, -0.2) is 95.4 Å². The Balaban J connectivity index is -0.000000406. The van der Waals surface area contributed by atoms with Crippen molar-refractivity contribution in [3.63, 3.8) is 0 Å². The van der Waals surface area contributed by atoms with Crippen LogP contribution in [0.3, 0.4) is 0 Å². The zero-order chi connectivity index (χ0) is 76.4. The number of thiazole rings is 4. The van der Waals surface area contributed by atoms with Gasteiger partial charge in [0.2, 0.25) is 5.91 Å². The van der Waals surface area contributed by atoms with Gasteiger partial charge in [0.25, 0.3) is 0 Å². The van der Waals surface area contributed by atoms with E-state index in [0.29, 0.717) is 18.3 Å². The Kier molecular flexibility index (Phi) is 55.8. The zero-order valence-corrected chi connectivity index (χ0v) is 76.7. The van der Waals surface area contributed by atoms with E-state index in [-0.39, 0.29) is 114 Å². The molecule has 1 aliphatic rings. The van der Waals surface area contributed by atoms with E-state index in [1.54, 1.807) is 86.9 Å². The number of Topliss-reactive ketones (excluding diaryl/α,β-unsaturated/α-hetero) is 1. The van der Waals surface area contributed by atoms with Crippen LogP contribution in [0.5, 0.6) is 0 Å². The maximum Gasteiger partial charge on any atom is 0.519 e. The van der Waals surface area contributed by atoms with E-state index in [9.17, 15) is 24.3 Å². The molecule has 1 aliphatic heterocycles. The fourth-order valence-corrected chi connectivity index (χ4v) is 13.1. The molecule has 1 amide bonds. The summed E-state index contributed by atoms with van der Waals surface area (Å²) in [6.07, 6.45) is -2.22. The third kappa shape index (κ3) is 40.5. The molecule has 5 heterocycles. The van der Waals surface area contributed by atoms with E-state index < -0.39 is 47.1 Å². The minimum atomic E-state index is -1.06. The molecule has 0 bridgehead atoms. The van der Waals surface area contributed by atoms with E-state index in [1.165, 1.54) is 48.0 Å². The molecule has 5 aromatic carbocycles. The van der Waals surface area contributed by atoms with Gasteiger partial charge in [-0.25, -0.2) is 24.5 Å². The summed E-state index contributed by atoms with van der Waals surface area (Å²) in [4.78, 5) is 70.0. The van der Waals surface area contributed by atoms with Crippen LogP contribution >= 0.6 is 124 Å². The van der Waals surface area contributed by atoms with Gasteiger partial charge >= 0.3 is 12.3 Å². The molecule has 9 aromatic rings. The zero-order valence-electron chi connectivity index (χ0n) is 66.4. The van der Waals surface area contributed by atoms with Gasteiger partial charge in [0, 0.05) is 51.5 Å². The van der Waals surface area contributed by atoms with Crippen molar-refractivity contribution in [1.82, 2.24) is 31.0 Å². The Hall–Kier alpha value is -5.55. The molecular formula is C81H122Br2Cl3FN9O9PS4. The topological polar surface area (TPSA) is 316 Å². The number of hydrogen-bond donors (Lipinski definition) is 5. The van der Waals surface area contributed by atoms with Gasteiger partial charge in [-0.1, -0.05) is 192 Å². The fourth-order valence-electron chi connectivity index (χ4n) is 9.62. The Morgan fingerprint density at radius 3 is 1.12 bits per heavy atom. The summed E-state index contributed by atoms with van der Waals surface area (Å²) in [7, 11) is 0. The van der Waals surface area contributed by atoms with E-state index >= 15 is 0 Å². The second-order valence-electron chi connectivity index (χ2n) is 28.6. The van der Waals surface area contributed by atoms with Gasteiger partial charge in [-0.3, -0.25) is 19.3 Å². The molecule has 4 aromatic heterocycles. The lowest BCUT2D eigenvalue weighted by atomic mass is 9.86. The number of ether oxygens (including phenoxy) is 3. The molecule has 12 N–H and O–H groups in total. The SMILES string of the molecule is C.CC(C)(C)OC(=O)OC(=O)OC(C)(C)C.CC(C)c1ccc(Br)cc1.C[C@H](N)c1ccc(Br)cc1.Cc1cscn1.Cc1ncsc1-c1ccc(C(C)C)cc1.Cc1ncsc1-c1ccc([C@H](C)CC(=O)[C@@H]2C[C@@H](O)CN2C(=O)[C@@H](N)C(C)(C)C)cc1.Cc1ncsc1-c1ccc([C@H](C)N)cc1.Cl.Cl.Cl.F.N.O.P. The van der Waals surface area contributed by atoms with Crippen LogP contribution < -0.4 is 23.4 Å². The summed E-state index contributed by atoms with van der Waals surface area (Å²) in [5, 5.41) is 12.2. The maximum absolute atomic E-state index is 13.1. The summed E-state index contributed by atoms with van der Waals surface area (Å²) in [6, 6.07) is 40.8. The summed E-state index contributed by atoms with van der Waals surface area (Å²) in [5.41, 5.74) is 37.4. The number of β-amino-alcohol motifs (C(OH)–C–C–N with tert-alkyl or cyclic N) is 1. The molecule has 29 heteroatoms. The number of carbonyl (C=O) groups is 4. The largest absolute Gasteiger partial charge is 0.519 e. The minimum Gasteiger partial charge on any atom is -0.428 e. The highest BCUT2D eigenvalue weighted by Gasteiger charge is 2.43. The van der Waals surface area contributed by atoms with E-state index in [1.807, 2.05) is 126 Å². The second kappa shape index (κ2) is 54.3. The molecule has 7 atom stereocenters. The first-order valence-corrected chi connectivity index (χ1v) is 39.1. The van der Waals surface area contributed by atoms with Gasteiger partial charge in [-0.2, -0.15) is 9.90 Å². The Labute approximate surface area is 708 Å². The van der Waals surface area contributed by atoms with Crippen LogP contribution in [-0.2, 0) is 23.8 Å². The number of amides is 1. The molecule has 1 saturated heterocycles. The van der Waals surface area contributed by atoms with Gasteiger partial charge in [-0.05, 0) is 175 Å². The minimum absolute atomic E-state index is 0. The maximum atomic E-state index is 13.1. The number of aryl methyl sites for hydroxylation is 4. The highest BCUT2D eigenvalue weighted by molar-refractivity contribution is 9.10. The number of halogens is 6. The number of aliphatic hydroxyl groups is 1. The van der Waals surface area contributed by atoms with Crippen LogP contribution in [0.25, 0.3) is 31.3 Å². The van der Waals surface area contributed by atoms with Gasteiger partial charge in [0.1, 0.15) is 11.2 Å². The number of aliphatic hydroxyl groups excluding tert-OH is 1. The van der Waals surface area contributed by atoms with Gasteiger partial charge in [-0.15, -0.1) is 82.6 Å². The summed E-state index contributed by atoms with van der Waals surface area (Å²) < 4.78 is 16.0. The molecule has 0 aliphatic carbocycles. The second-order valence-corrected chi connectivity index (χ2v) is 33.7. The van der Waals surface area contributed by atoms with Crippen molar-refractivity contribution in [2.45, 2.75) is 218 Å². The number of ketones is 1. The molecule has 110 heavy (non-hydrogen) atoms. The quantitative estimate of drug-likeness (QED) is 0.0431. The van der Waals surface area contributed by atoms with E-state index in [4.69, 9.17) is 26.7 Å². The highest BCUT2D eigenvalue weighted by atomic mass is 79.9. The van der Waals surface area contributed by atoms with Crippen LogP contribution in [0, 0.1) is 33.1 Å². The number of nitrogens with zero attached hydrogens (tertiary/aromatic N) is 5. The lowest BCUT2D eigenvalue weighted by molar-refractivity contribution is -0.140. The standard InChI is InChI=1S/C24H33N3O3S.C13H15NS.C12H14N2S.C10H18O5.C9H11Br.C8H10BrN.C4H5NS.CH4.3ClH.FH.H3N.H2O.H3P/c1-14(16-6-8-17(9-7-16)21-15(2)26-13-31-21)10-20(29)19-11-18(28)12-27(19)23(30)22(25)24(3,4)5;1-9(2)11-4-6-12(7-5-11)13-10(3)14-8-15-13;1-8(13)10-3-5-11(6-4-10)12-9(2)14-7-15-12;1-9(2,3)14-7(11)13-8(12)15-10(4,5)6;1-7(2)8-3-5-9(10)6-4-8;1-6(10)7-2-4-8(9)5-3-7;1-4-2-6-3-5-4;;;;;;;;/h6-9,13-14,18-19,22,28H,10-12,25H2,1-5H3;4-9H,1-3H3;3-8H,13H2,1-2H3;1-6H3;3-7H,1-2H3;2-6H,10H2,1H3;2-3H,1H3;1H4;4*1H;1H3;1H2;1H3/t14-,18-,19+,22-;;8-;;;6-;;;;;;;;;/m1.0..0........./s1. The number of likely N-dealkylation sites (tertiary alicyclic amines) is 1. The van der Waals surface area contributed by atoms with Crippen molar-refractivity contribution in [3.8, 4) is 31.3 Å². The Bertz CT molecular complexity index is 3830. The Morgan fingerprint density at radius 2 is 0.855 bits per heavy atom. The predicted molar refractivity (Wildman–Crippen MR) is 481 cm³/mol. The van der Waals surface area contributed by atoms with E-state index in [2.05, 4.69) is 176 Å². The number of carbonyl (C=O) groups excluding carboxylic acids is 4. The molecule has 0 radical (unpaired) electrons. The molecule has 1 unspecified atom stereocenters. The van der Waals surface area contributed by atoms with Gasteiger partial charge in [0.15, 0.2) is 5.78 Å². The van der Waals surface area contributed by atoms with Gasteiger partial charge < -0.3 is 53.0 Å². The van der Waals surface area contributed by atoms with Crippen molar-refractivity contribution in [2.75, 3.05) is 6.54 Å². The van der Waals surface area contributed by atoms with Crippen molar-refractivity contribution in [2.24, 2.45) is 22.6 Å². The van der Waals surface area contributed by atoms with Crippen LogP contribution in [0.2, 0.25) is 0 Å². The molecule has 0 saturated carbocycles. The highest BCUT2D eigenvalue weighted by Crippen LogP contribution is 2.34. The fraction of sp³-hybridized carbons (Fsp3) is 0.432. The summed E-state index contributed by atoms with van der Waals surface area (Å²) in [6.45, 7) is 38.8. The molecule has 616 valence electrons. The molecule has 18 nitrogen and oxygen atoms in total. The lowest BCUT2D eigenvalue weighted by Gasteiger charge is -2.32. The number of hydrogen-bond acceptors (Lipinski definition) is 20. The first kappa shape index (κ1) is 113. The van der Waals surface area contributed by atoms with Crippen molar-refractivity contribution in [3.05, 3.63) is 208 Å². The van der Waals surface area contributed by atoms with Crippen LogP contribution in [0.1, 0.15) is 211 Å². The molecule has 10 rings (SSSR count). The Morgan fingerprint density at radius 1 is 0.536 bits per heavy atom. The van der Waals surface area contributed by atoms with Gasteiger partial charge in [0.05, 0.1) is 71.9 Å². The number of nitrogens with two attached hydrogens (primary N) is 3. The lowest BCUT2D eigenvalue weighted by Crippen LogP contribution is -2.53. The first-order chi connectivity index (χ1) is 47.6. The van der Waals surface area contributed by atoms with Crippen molar-refractivity contribution < 1.29 is 48.7 Å². The molecule has 1 fully saturated rings. The number of aromatic nitrogens is 4. The smallest absolute Gasteiger partial charge is 0.428 e. The normalized spacial score (nSPS) is 13.4. The first-order valence-electron chi connectivity index (χ1n) is 33.9. The van der Waals surface area contributed by atoms with Crippen molar-refractivity contribution >= 4 is 148 Å². The number of benzene rings is 5. The summed E-state index contributed by atoms with van der Waals surface area (Å²) in [5.74, 6) is 0.949. The monoisotopic (exact) mass is 1810 g/mol. The molecular weight excluding hydrogens is 1690 g/mol. The predicted octanol–water partition coefficient (Wildman–Crippen LogP) is 22.7. The van der Waals surface area contributed by atoms with Crippen molar-refractivity contribution in [1.29, 1.82) is 0 Å². The third-order valence-electron chi connectivity index (χ3n) is 15.6. The van der Waals surface area contributed by atoms with E-state index in [0.717, 1.165) is 47.7 Å². The molecule has 0 spiro atoms. The van der Waals surface area contributed by atoms with Crippen LogP contribution in [0.4, 0.5) is 14.3 Å². The average Bonchev–Trinajstić information content (AvgIpc) is 1.64. The number of rotatable bonds is 12. The van der Waals surface area contributed by atoms with Crippen LogP contribution in [0.15, 0.2) is 158 Å². The average molecular weight is 1810 g/mol. The third-order valence-corrected chi connectivity index (χ3v) is 20.3. The summed E-state index contributed by atoms with van der Waals surface area (Å²) >= 11 is 13.4.